The van der Waals surface area contributed by atoms with E-state index in [4.69, 9.17) is 9.57 Å². The standard InChI is InChI=1S/C13H16FN3O2/c1-18-11-3-2-9(8-10(11)14)12-16-13(19-17-12)4-6-15-7-5-13/h2-3,8,15H,4-7H2,1H3,(H,16,17). The van der Waals surface area contributed by atoms with Gasteiger partial charge in [-0.3, -0.25) is 0 Å². The second-order valence-electron chi connectivity index (χ2n) is 4.71. The summed E-state index contributed by atoms with van der Waals surface area (Å²) in [6.07, 6.45) is 1.62. The number of hydrogen-bond acceptors (Lipinski definition) is 5. The SMILES string of the molecule is COc1ccc(C2=NC3(CCNCC3)ON2)cc1F. The predicted octanol–water partition coefficient (Wildman–Crippen LogP) is 1.20. The van der Waals surface area contributed by atoms with Gasteiger partial charge in [-0.25, -0.2) is 19.7 Å². The zero-order valence-electron chi connectivity index (χ0n) is 10.7. The molecule has 0 saturated carbocycles. The van der Waals surface area contributed by atoms with Crippen molar-refractivity contribution in [1.82, 2.24) is 10.8 Å². The number of methoxy groups -OCH3 is 1. The zero-order valence-corrected chi connectivity index (χ0v) is 10.7. The molecule has 3 rings (SSSR count). The van der Waals surface area contributed by atoms with Crippen LogP contribution < -0.4 is 15.5 Å². The molecule has 1 saturated heterocycles. The number of ether oxygens (including phenoxy) is 1. The van der Waals surface area contributed by atoms with E-state index < -0.39 is 11.5 Å². The summed E-state index contributed by atoms with van der Waals surface area (Å²) in [7, 11) is 1.44. The van der Waals surface area contributed by atoms with Gasteiger partial charge in [0, 0.05) is 18.4 Å². The Balaban J connectivity index is 1.86. The van der Waals surface area contributed by atoms with Crippen LogP contribution in [0.5, 0.6) is 5.75 Å². The molecule has 102 valence electrons. The quantitative estimate of drug-likeness (QED) is 0.843. The van der Waals surface area contributed by atoms with Crippen molar-refractivity contribution in [2.75, 3.05) is 20.2 Å². The second-order valence-corrected chi connectivity index (χ2v) is 4.71. The molecule has 0 atom stereocenters. The van der Waals surface area contributed by atoms with Gasteiger partial charge in [-0.1, -0.05) is 0 Å². The molecule has 1 aromatic carbocycles. The maximum absolute atomic E-state index is 13.7. The highest BCUT2D eigenvalue weighted by molar-refractivity contribution is 5.99. The number of halogens is 1. The number of hydrogen-bond donors (Lipinski definition) is 2. The molecule has 5 nitrogen and oxygen atoms in total. The molecule has 2 heterocycles. The van der Waals surface area contributed by atoms with Gasteiger partial charge < -0.3 is 10.1 Å². The van der Waals surface area contributed by atoms with E-state index in [0.717, 1.165) is 25.9 Å². The number of benzene rings is 1. The molecule has 1 aromatic rings. The summed E-state index contributed by atoms with van der Waals surface area (Å²) in [4.78, 5) is 10.2. The van der Waals surface area contributed by atoms with Crippen molar-refractivity contribution in [3.63, 3.8) is 0 Å². The average molecular weight is 265 g/mol. The van der Waals surface area contributed by atoms with Crippen LogP contribution in [0.3, 0.4) is 0 Å². The fourth-order valence-electron chi connectivity index (χ4n) is 2.36. The van der Waals surface area contributed by atoms with E-state index in [2.05, 4.69) is 15.8 Å². The van der Waals surface area contributed by atoms with Crippen molar-refractivity contribution in [3.8, 4) is 5.75 Å². The lowest BCUT2D eigenvalue weighted by atomic mass is 10.0. The van der Waals surface area contributed by atoms with Crippen molar-refractivity contribution in [3.05, 3.63) is 29.6 Å². The summed E-state index contributed by atoms with van der Waals surface area (Å²) in [6.45, 7) is 1.74. The van der Waals surface area contributed by atoms with Crippen molar-refractivity contribution >= 4 is 5.84 Å². The monoisotopic (exact) mass is 265 g/mol. The molecule has 1 spiro atoms. The zero-order chi connectivity index (χ0) is 13.3. The molecule has 0 radical (unpaired) electrons. The Hall–Kier alpha value is -1.66. The van der Waals surface area contributed by atoms with Crippen LogP contribution in [0, 0.1) is 5.82 Å². The molecule has 0 unspecified atom stereocenters. The number of nitrogens with zero attached hydrogens (tertiary/aromatic N) is 1. The molecular weight excluding hydrogens is 249 g/mol. The van der Waals surface area contributed by atoms with Crippen molar-refractivity contribution < 1.29 is 14.0 Å². The fraction of sp³-hybridized carbons (Fsp3) is 0.462. The van der Waals surface area contributed by atoms with E-state index in [0.29, 0.717) is 11.4 Å². The number of piperidine rings is 1. The Labute approximate surface area is 110 Å². The minimum absolute atomic E-state index is 0.222. The molecular formula is C13H16FN3O2. The topological polar surface area (TPSA) is 54.9 Å². The number of nitrogens with one attached hydrogen (secondary N) is 2. The van der Waals surface area contributed by atoms with Gasteiger partial charge in [0.1, 0.15) is 0 Å². The third-order valence-electron chi connectivity index (χ3n) is 3.46. The fourth-order valence-corrected chi connectivity index (χ4v) is 2.36. The summed E-state index contributed by atoms with van der Waals surface area (Å²) < 4.78 is 18.6. The summed E-state index contributed by atoms with van der Waals surface area (Å²) >= 11 is 0. The maximum atomic E-state index is 13.7. The van der Waals surface area contributed by atoms with Crippen LogP contribution in [0.15, 0.2) is 23.2 Å². The van der Waals surface area contributed by atoms with Crippen molar-refractivity contribution in [2.45, 2.75) is 18.6 Å². The van der Waals surface area contributed by atoms with Crippen molar-refractivity contribution in [1.29, 1.82) is 0 Å². The van der Waals surface area contributed by atoms with Crippen LogP contribution >= 0.6 is 0 Å². The molecule has 1 fully saturated rings. The molecule has 6 heteroatoms. The number of hydroxylamine groups is 1. The Morgan fingerprint density at radius 3 is 2.84 bits per heavy atom. The molecule has 0 amide bonds. The second kappa shape index (κ2) is 4.79. The van der Waals surface area contributed by atoms with E-state index in [1.807, 2.05) is 0 Å². The Morgan fingerprint density at radius 2 is 2.16 bits per heavy atom. The highest BCUT2D eigenvalue weighted by Gasteiger charge is 2.38. The smallest absolute Gasteiger partial charge is 0.190 e. The number of rotatable bonds is 2. The predicted molar refractivity (Wildman–Crippen MR) is 68.5 cm³/mol. The van der Waals surface area contributed by atoms with Gasteiger partial charge in [-0.05, 0) is 31.3 Å². The van der Waals surface area contributed by atoms with Crippen LogP contribution in [0.2, 0.25) is 0 Å². The van der Waals surface area contributed by atoms with Gasteiger partial charge in [0.25, 0.3) is 0 Å². The van der Waals surface area contributed by atoms with Gasteiger partial charge in [0.2, 0.25) is 0 Å². The van der Waals surface area contributed by atoms with Crippen molar-refractivity contribution in [2.24, 2.45) is 4.99 Å². The summed E-state index contributed by atoms with van der Waals surface area (Å²) in [5, 5.41) is 3.26. The van der Waals surface area contributed by atoms with E-state index in [-0.39, 0.29) is 5.75 Å². The minimum atomic E-state index is -0.503. The first-order chi connectivity index (χ1) is 9.22. The summed E-state index contributed by atoms with van der Waals surface area (Å²) in [6, 6.07) is 4.74. The van der Waals surface area contributed by atoms with E-state index in [9.17, 15) is 4.39 Å². The molecule has 2 aliphatic heterocycles. The third kappa shape index (κ3) is 2.29. The minimum Gasteiger partial charge on any atom is -0.494 e. The largest absolute Gasteiger partial charge is 0.494 e. The molecule has 2 aliphatic rings. The highest BCUT2D eigenvalue weighted by Crippen LogP contribution is 2.29. The van der Waals surface area contributed by atoms with Crippen LogP contribution in [0.1, 0.15) is 18.4 Å². The van der Waals surface area contributed by atoms with Crippen LogP contribution in [0.4, 0.5) is 4.39 Å². The first-order valence-electron chi connectivity index (χ1n) is 6.31. The van der Waals surface area contributed by atoms with Gasteiger partial charge in [0.05, 0.1) is 7.11 Å². The lowest BCUT2D eigenvalue weighted by molar-refractivity contribution is -0.0720. The summed E-state index contributed by atoms with van der Waals surface area (Å²) in [5.41, 5.74) is 2.97. The molecule has 2 N–H and O–H groups in total. The lowest BCUT2D eigenvalue weighted by Crippen LogP contribution is -2.41. The van der Waals surface area contributed by atoms with Crippen LogP contribution in [-0.4, -0.2) is 31.8 Å². The van der Waals surface area contributed by atoms with E-state index in [1.165, 1.54) is 13.2 Å². The molecule has 0 aliphatic carbocycles. The first kappa shape index (κ1) is 12.4. The first-order valence-corrected chi connectivity index (χ1v) is 6.31. The van der Waals surface area contributed by atoms with Gasteiger partial charge in [-0.2, -0.15) is 0 Å². The Kier molecular flexibility index (Phi) is 3.12. The normalized spacial score (nSPS) is 21.1. The number of amidine groups is 1. The third-order valence-corrected chi connectivity index (χ3v) is 3.46. The Bertz CT molecular complexity index is 513. The Morgan fingerprint density at radius 1 is 1.37 bits per heavy atom. The van der Waals surface area contributed by atoms with Crippen LogP contribution in [-0.2, 0) is 4.84 Å². The highest BCUT2D eigenvalue weighted by atomic mass is 19.1. The van der Waals surface area contributed by atoms with Crippen LogP contribution in [0.25, 0.3) is 0 Å². The summed E-state index contributed by atoms with van der Waals surface area (Å²) in [5.74, 6) is 0.388. The van der Waals surface area contributed by atoms with E-state index >= 15 is 0 Å². The maximum Gasteiger partial charge on any atom is 0.190 e. The number of aliphatic imine (C=N–C) groups is 1. The van der Waals surface area contributed by atoms with E-state index in [1.54, 1.807) is 12.1 Å². The lowest BCUT2D eigenvalue weighted by Gasteiger charge is -2.28. The van der Waals surface area contributed by atoms with Gasteiger partial charge >= 0.3 is 0 Å². The van der Waals surface area contributed by atoms with Gasteiger partial charge in [-0.15, -0.1) is 0 Å². The molecule has 0 bridgehead atoms. The molecule has 19 heavy (non-hydrogen) atoms. The van der Waals surface area contributed by atoms with Gasteiger partial charge in [0.15, 0.2) is 23.1 Å². The average Bonchev–Trinajstić information content (AvgIpc) is 2.83. The molecule has 0 aromatic heterocycles.